The molecule has 0 radical (unpaired) electrons. The van der Waals surface area contributed by atoms with Crippen molar-refractivity contribution in [3.63, 3.8) is 0 Å². The molecule has 0 unspecified atom stereocenters. The molecule has 0 spiro atoms. The van der Waals surface area contributed by atoms with Crippen molar-refractivity contribution in [3.05, 3.63) is 41.7 Å². The average Bonchev–Trinajstić information content (AvgIpc) is 3.11. The molecular formula is C16H22N4O2S2. The maximum Gasteiger partial charge on any atom is 0.191 e. The Labute approximate surface area is 146 Å². The highest BCUT2D eigenvalue weighted by Crippen LogP contribution is 2.26. The number of nitrogens with zero attached hydrogens (tertiary/aromatic N) is 3. The summed E-state index contributed by atoms with van der Waals surface area (Å²) in [5.74, 6) is 2.56. The minimum Gasteiger partial charge on any atom is -0.324 e. The van der Waals surface area contributed by atoms with Gasteiger partial charge in [0, 0.05) is 5.75 Å². The third-order valence-electron chi connectivity index (χ3n) is 4.24. The summed E-state index contributed by atoms with van der Waals surface area (Å²) in [7, 11) is -2.80. The quantitative estimate of drug-likeness (QED) is 0.750. The summed E-state index contributed by atoms with van der Waals surface area (Å²) in [5.41, 5.74) is 6.95. The van der Waals surface area contributed by atoms with Crippen molar-refractivity contribution in [2.75, 3.05) is 17.3 Å². The first-order valence-corrected chi connectivity index (χ1v) is 10.9. The second-order valence-corrected chi connectivity index (χ2v) is 9.37. The molecule has 8 heteroatoms. The third kappa shape index (κ3) is 4.37. The normalized spacial score (nSPS) is 19.6. The highest BCUT2D eigenvalue weighted by molar-refractivity contribution is 7.99. The van der Waals surface area contributed by atoms with E-state index in [-0.39, 0.29) is 5.92 Å². The SMILES string of the molecule is NCc1nnc(SCC[C@H]2CCS(=O)(=O)C2)n1Cc1ccccc1. The van der Waals surface area contributed by atoms with Gasteiger partial charge in [0.15, 0.2) is 15.0 Å². The maximum atomic E-state index is 11.5. The molecule has 1 aromatic carbocycles. The number of nitrogens with two attached hydrogens (primary N) is 1. The van der Waals surface area contributed by atoms with Gasteiger partial charge in [-0.3, -0.25) is 0 Å². The van der Waals surface area contributed by atoms with Crippen LogP contribution in [0, 0.1) is 5.92 Å². The Bertz CT molecular complexity index is 775. The zero-order valence-corrected chi connectivity index (χ0v) is 15.1. The Morgan fingerprint density at radius 1 is 1.25 bits per heavy atom. The monoisotopic (exact) mass is 366 g/mol. The summed E-state index contributed by atoms with van der Waals surface area (Å²) < 4.78 is 25.1. The molecule has 1 atom stereocenters. The summed E-state index contributed by atoms with van der Waals surface area (Å²) in [4.78, 5) is 0. The van der Waals surface area contributed by atoms with Crippen LogP contribution in [0.1, 0.15) is 24.2 Å². The predicted molar refractivity (Wildman–Crippen MR) is 95.6 cm³/mol. The van der Waals surface area contributed by atoms with E-state index in [0.29, 0.717) is 24.6 Å². The van der Waals surface area contributed by atoms with Crippen LogP contribution in [-0.4, -0.2) is 40.4 Å². The number of aromatic nitrogens is 3. The highest BCUT2D eigenvalue weighted by Gasteiger charge is 2.27. The van der Waals surface area contributed by atoms with Gasteiger partial charge in [-0.2, -0.15) is 0 Å². The van der Waals surface area contributed by atoms with Crippen molar-refractivity contribution >= 4 is 21.6 Å². The standard InChI is InChI=1S/C16H22N4O2S2/c17-10-15-18-19-16(20(15)11-13-4-2-1-3-5-13)23-8-6-14-7-9-24(21,22)12-14/h1-5,14H,6-12,17H2/t14-/m0/s1. The summed E-state index contributed by atoms with van der Waals surface area (Å²) in [6, 6.07) is 10.1. The maximum absolute atomic E-state index is 11.5. The van der Waals surface area contributed by atoms with E-state index in [1.807, 2.05) is 22.8 Å². The Balaban J connectivity index is 1.62. The summed E-state index contributed by atoms with van der Waals surface area (Å²) in [6.45, 7) is 1.04. The largest absolute Gasteiger partial charge is 0.324 e. The topological polar surface area (TPSA) is 90.9 Å². The lowest BCUT2D eigenvalue weighted by molar-refractivity contribution is 0.573. The molecule has 1 saturated heterocycles. The number of hydrogen-bond acceptors (Lipinski definition) is 6. The molecule has 130 valence electrons. The molecule has 0 aliphatic carbocycles. The van der Waals surface area contributed by atoms with Gasteiger partial charge in [0.1, 0.15) is 5.82 Å². The lowest BCUT2D eigenvalue weighted by Gasteiger charge is -2.10. The van der Waals surface area contributed by atoms with Crippen LogP contribution in [0.4, 0.5) is 0 Å². The van der Waals surface area contributed by atoms with Gasteiger partial charge in [0.25, 0.3) is 0 Å². The molecule has 2 heterocycles. The van der Waals surface area contributed by atoms with Gasteiger partial charge in [0.05, 0.1) is 24.6 Å². The lowest BCUT2D eigenvalue weighted by Crippen LogP contribution is -2.11. The Kier molecular flexibility index (Phi) is 5.57. The zero-order valence-electron chi connectivity index (χ0n) is 13.5. The molecule has 1 fully saturated rings. The fourth-order valence-electron chi connectivity index (χ4n) is 2.92. The minimum atomic E-state index is -2.80. The van der Waals surface area contributed by atoms with E-state index in [2.05, 4.69) is 22.3 Å². The molecule has 1 aliphatic heterocycles. The number of hydrogen-bond donors (Lipinski definition) is 1. The third-order valence-corrected chi connectivity index (χ3v) is 7.08. The molecule has 3 rings (SSSR count). The molecule has 0 saturated carbocycles. The first-order valence-electron chi connectivity index (χ1n) is 8.06. The summed E-state index contributed by atoms with van der Waals surface area (Å²) in [6.07, 6.45) is 1.67. The molecule has 24 heavy (non-hydrogen) atoms. The van der Waals surface area contributed by atoms with Gasteiger partial charge in [-0.1, -0.05) is 42.1 Å². The molecule has 6 nitrogen and oxygen atoms in total. The van der Waals surface area contributed by atoms with E-state index in [4.69, 9.17) is 5.73 Å². The number of benzene rings is 1. The van der Waals surface area contributed by atoms with Crippen molar-refractivity contribution < 1.29 is 8.42 Å². The van der Waals surface area contributed by atoms with Crippen molar-refractivity contribution in [2.45, 2.75) is 31.1 Å². The Morgan fingerprint density at radius 2 is 2.04 bits per heavy atom. The minimum absolute atomic E-state index is 0.280. The van der Waals surface area contributed by atoms with Gasteiger partial charge in [-0.05, 0) is 24.3 Å². The molecule has 0 amide bonds. The van der Waals surface area contributed by atoms with E-state index >= 15 is 0 Å². The van der Waals surface area contributed by atoms with Crippen molar-refractivity contribution in [1.29, 1.82) is 0 Å². The molecular weight excluding hydrogens is 344 g/mol. The Hall–Kier alpha value is -1.38. The van der Waals surface area contributed by atoms with Crippen LogP contribution in [0.2, 0.25) is 0 Å². The zero-order chi connectivity index (χ0) is 17.0. The fourth-order valence-corrected chi connectivity index (χ4v) is 5.89. The lowest BCUT2D eigenvalue weighted by atomic mass is 10.1. The van der Waals surface area contributed by atoms with Crippen LogP contribution in [0.3, 0.4) is 0 Å². The van der Waals surface area contributed by atoms with Gasteiger partial charge >= 0.3 is 0 Å². The van der Waals surface area contributed by atoms with E-state index in [1.54, 1.807) is 11.8 Å². The summed E-state index contributed by atoms with van der Waals surface area (Å²) in [5, 5.41) is 9.28. The first kappa shape index (κ1) is 17.4. The van der Waals surface area contributed by atoms with Crippen LogP contribution >= 0.6 is 11.8 Å². The van der Waals surface area contributed by atoms with Gasteiger partial charge in [-0.25, -0.2) is 8.42 Å². The smallest absolute Gasteiger partial charge is 0.191 e. The number of rotatable bonds is 7. The average molecular weight is 367 g/mol. The summed E-state index contributed by atoms with van der Waals surface area (Å²) >= 11 is 1.63. The van der Waals surface area contributed by atoms with E-state index < -0.39 is 9.84 Å². The highest BCUT2D eigenvalue weighted by atomic mass is 32.2. The number of sulfone groups is 1. The second-order valence-electron chi connectivity index (χ2n) is 6.08. The molecule has 2 N–H and O–H groups in total. The van der Waals surface area contributed by atoms with Crippen LogP contribution < -0.4 is 5.73 Å². The second kappa shape index (κ2) is 7.67. The van der Waals surface area contributed by atoms with E-state index in [0.717, 1.165) is 29.6 Å². The van der Waals surface area contributed by atoms with Crippen LogP contribution in [0.25, 0.3) is 0 Å². The predicted octanol–water partition coefficient (Wildman–Crippen LogP) is 1.70. The van der Waals surface area contributed by atoms with Crippen molar-refractivity contribution in [1.82, 2.24) is 14.8 Å². The van der Waals surface area contributed by atoms with Crippen LogP contribution in [0.5, 0.6) is 0 Å². The molecule has 1 aliphatic rings. The van der Waals surface area contributed by atoms with Crippen molar-refractivity contribution in [2.24, 2.45) is 11.7 Å². The first-order chi connectivity index (χ1) is 11.6. The molecule has 2 aromatic rings. The van der Waals surface area contributed by atoms with Crippen molar-refractivity contribution in [3.8, 4) is 0 Å². The van der Waals surface area contributed by atoms with Crippen LogP contribution in [-0.2, 0) is 22.9 Å². The molecule has 1 aromatic heterocycles. The van der Waals surface area contributed by atoms with E-state index in [9.17, 15) is 8.42 Å². The molecule has 0 bridgehead atoms. The van der Waals surface area contributed by atoms with Gasteiger partial charge in [0.2, 0.25) is 0 Å². The fraction of sp³-hybridized carbons (Fsp3) is 0.500. The van der Waals surface area contributed by atoms with Gasteiger partial charge in [-0.15, -0.1) is 10.2 Å². The number of thioether (sulfide) groups is 1. The van der Waals surface area contributed by atoms with Gasteiger partial charge < -0.3 is 10.3 Å². The van der Waals surface area contributed by atoms with Crippen LogP contribution in [0.15, 0.2) is 35.5 Å². The Morgan fingerprint density at radius 3 is 2.71 bits per heavy atom. The van der Waals surface area contributed by atoms with E-state index in [1.165, 1.54) is 5.56 Å².